The van der Waals surface area contributed by atoms with Gasteiger partial charge in [-0.25, -0.2) is 4.39 Å². The highest BCUT2D eigenvalue weighted by atomic mass is 35.5. The Morgan fingerprint density at radius 3 is 2.56 bits per heavy atom. The molecular formula is C21H22ClFN2OS. The summed E-state index contributed by atoms with van der Waals surface area (Å²) in [5.41, 5.74) is 2.14. The van der Waals surface area contributed by atoms with Gasteiger partial charge in [0.15, 0.2) is 0 Å². The molecule has 2 heterocycles. The smallest absolute Gasteiger partial charge is 0.234 e. The van der Waals surface area contributed by atoms with Gasteiger partial charge < -0.3 is 4.90 Å². The summed E-state index contributed by atoms with van der Waals surface area (Å²) >= 11 is 7.39. The maximum absolute atomic E-state index is 13.9. The highest BCUT2D eigenvalue weighted by Crippen LogP contribution is 2.42. The lowest BCUT2D eigenvalue weighted by atomic mass is 10.0. The lowest BCUT2D eigenvalue weighted by Gasteiger charge is -2.39. The van der Waals surface area contributed by atoms with E-state index >= 15 is 0 Å². The number of hydrogen-bond donors (Lipinski definition) is 0. The average Bonchev–Trinajstić information content (AvgIpc) is 3.07. The minimum absolute atomic E-state index is 0.116. The number of benzene rings is 2. The quantitative estimate of drug-likeness (QED) is 0.736. The Morgan fingerprint density at radius 1 is 1.11 bits per heavy atom. The number of likely N-dealkylation sites (tertiary alicyclic amines) is 1. The van der Waals surface area contributed by atoms with Gasteiger partial charge in [0, 0.05) is 25.7 Å². The predicted molar refractivity (Wildman–Crippen MR) is 108 cm³/mol. The molecule has 2 aliphatic heterocycles. The van der Waals surface area contributed by atoms with Crippen molar-refractivity contribution in [1.29, 1.82) is 0 Å². The maximum atomic E-state index is 13.9. The van der Waals surface area contributed by atoms with Gasteiger partial charge in [0.1, 0.15) is 11.2 Å². The Labute approximate surface area is 168 Å². The molecule has 0 spiro atoms. The van der Waals surface area contributed by atoms with Crippen molar-refractivity contribution in [1.82, 2.24) is 9.80 Å². The Kier molecular flexibility index (Phi) is 5.71. The second-order valence-corrected chi connectivity index (χ2v) is 8.61. The molecule has 1 atom stereocenters. The van der Waals surface area contributed by atoms with Crippen molar-refractivity contribution >= 4 is 29.3 Å². The highest BCUT2D eigenvalue weighted by molar-refractivity contribution is 8.00. The van der Waals surface area contributed by atoms with E-state index in [1.165, 1.54) is 11.6 Å². The van der Waals surface area contributed by atoms with Gasteiger partial charge in [-0.1, -0.05) is 48.0 Å². The molecule has 2 aliphatic rings. The van der Waals surface area contributed by atoms with E-state index in [4.69, 9.17) is 11.6 Å². The van der Waals surface area contributed by atoms with Gasteiger partial charge in [0.05, 0.1) is 10.8 Å². The molecule has 0 aliphatic carbocycles. The van der Waals surface area contributed by atoms with Crippen LogP contribution in [-0.4, -0.2) is 40.6 Å². The summed E-state index contributed by atoms with van der Waals surface area (Å²) in [5, 5.41) is 0.00350. The molecule has 0 aromatic heterocycles. The number of halogens is 2. The number of thioether (sulfide) groups is 1. The fraction of sp³-hybridized carbons (Fsp3) is 0.381. The van der Waals surface area contributed by atoms with Crippen molar-refractivity contribution in [3.63, 3.8) is 0 Å². The van der Waals surface area contributed by atoms with Crippen LogP contribution in [0.1, 0.15) is 29.3 Å². The molecule has 3 nitrogen and oxygen atoms in total. The molecule has 6 heteroatoms. The second-order valence-electron chi connectivity index (χ2n) is 7.13. The Hall–Kier alpha value is -1.56. The lowest BCUT2D eigenvalue weighted by Crippen LogP contribution is -2.46. The number of nitrogens with zero attached hydrogens (tertiary/aromatic N) is 2. The molecule has 0 saturated carbocycles. The molecule has 4 rings (SSSR count). The van der Waals surface area contributed by atoms with E-state index < -0.39 is 5.82 Å². The zero-order valence-electron chi connectivity index (χ0n) is 15.0. The number of piperidine rings is 1. The van der Waals surface area contributed by atoms with Crippen LogP contribution >= 0.6 is 23.4 Å². The van der Waals surface area contributed by atoms with Crippen LogP contribution in [0.25, 0.3) is 0 Å². The molecule has 0 N–H and O–H groups in total. The summed E-state index contributed by atoms with van der Waals surface area (Å²) in [6.45, 7) is 2.88. The van der Waals surface area contributed by atoms with Gasteiger partial charge in [-0.3, -0.25) is 9.69 Å². The van der Waals surface area contributed by atoms with Crippen LogP contribution in [0.15, 0.2) is 48.5 Å². The van der Waals surface area contributed by atoms with E-state index in [0.29, 0.717) is 5.75 Å². The van der Waals surface area contributed by atoms with Gasteiger partial charge in [-0.15, -0.1) is 11.8 Å². The highest BCUT2D eigenvalue weighted by Gasteiger charge is 2.39. The monoisotopic (exact) mass is 404 g/mol. The fourth-order valence-electron chi connectivity index (χ4n) is 3.95. The molecule has 2 saturated heterocycles. The average molecular weight is 405 g/mol. The zero-order chi connectivity index (χ0) is 18.8. The molecule has 1 amide bonds. The van der Waals surface area contributed by atoms with Crippen molar-refractivity contribution in [3.05, 3.63) is 70.5 Å². The van der Waals surface area contributed by atoms with E-state index in [0.717, 1.165) is 38.0 Å². The largest absolute Gasteiger partial charge is 0.323 e. The molecule has 2 fully saturated rings. The van der Waals surface area contributed by atoms with Crippen LogP contribution in [0, 0.1) is 5.82 Å². The zero-order valence-corrected chi connectivity index (χ0v) is 16.6. The normalized spacial score (nSPS) is 21.8. The molecule has 0 radical (unpaired) electrons. The van der Waals surface area contributed by atoms with Gasteiger partial charge in [0.25, 0.3) is 0 Å². The summed E-state index contributed by atoms with van der Waals surface area (Å²) < 4.78 is 13.9. The van der Waals surface area contributed by atoms with Crippen molar-refractivity contribution in [3.8, 4) is 0 Å². The van der Waals surface area contributed by atoms with Crippen molar-refractivity contribution in [2.45, 2.75) is 30.8 Å². The summed E-state index contributed by atoms with van der Waals surface area (Å²) in [5.74, 6) is 0.188. The van der Waals surface area contributed by atoms with Crippen molar-refractivity contribution < 1.29 is 9.18 Å². The second kappa shape index (κ2) is 8.21. The number of carbonyl (C=O) groups excluding carboxylic acids is 1. The van der Waals surface area contributed by atoms with Gasteiger partial charge in [-0.2, -0.15) is 0 Å². The van der Waals surface area contributed by atoms with Crippen molar-refractivity contribution in [2.24, 2.45) is 0 Å². The molecule has 2 aromatic rings. The van der Waals surface area contributed by atoms with E-state index in [1.807, 2.05) is 17.0 Å². The number of hydrogen-bond acceptors (Lipinski definition) is 3. The Morgan fingerprint density at radius 2 is 1.85 bits per heavy atom. The van der Waals surface area contributed by atoms with Gasteiger partial charge >= 0.3 is 0 Å². The van der Waals surface area contributed by atoms with Crippen LogP contribution in [0.2, 0.25) is 5.02 Å². The van der Waals surface area contributed by atoms with Gasteiger partial charge in [0.2, 0.25) is 5.91 Å². The first-order chi connectivity index (χ1) is 13.1. The minimum Gasteiger partial charge on any atom is -0.323 e. The standard InChI is InChI=1S/C21H22ClFN2OS/c22-18-7-6-16(12-19(18)23)21-25(20(26)14-27-21)17-8-10-24(11-9-17)13-15-4-2-1-3-5-15/h1-7,12,17,21H,8-11,13-14H2. The fourth-order valence-corrected chi connectivity index (χ4v) is 5.31. The molecule has 0 bridgehead atoms. The lowest BCUT2D eigenvalue weighted by molar-refractivity contribution is -0.131. The number of rotatable bonds is 4. The molecule has 2 aromatic carbocycles. The first kappa shape index (κ1) is 18.8. The number of carbonyl (C=O) groups is 1. The van der Waals surface area contributed by atoms with E-state index in [9.17, 15) is 9.18 Å². The van der Waals surface area contributed by atoms with Crippen LogP contribution in [0.5, 0.6) is 0 Å². The molecule has 27 heavy (non-hydrogen) atoms. The molecule has 1 unspecified atom stereocenters. The summed E-state index contributed by atoms with van der Waals surface area (Å²) in [6.07, 6.45) is 1.90. The first-order valence-electron chi connectivity index (χ1n) is 9.26. The van der Waals surface area contributed by atoms with Crippen LogP contribution in [-0.2, 0) is 11.3 Å². The van der Waals surface area contributed by atoms with Crippen LogP contribution in [0.3, 0.4) is 0 Å². The molecular weight excluding hydrogens is 383 g/mol. The van der Waals surface area contributed by atoms with Crippen LogP contribution < -0.4 is 0 Å². The third-order valence-electron chi connectivity index (χ3n) is 5.33. The SMILES string of the molecule is O=C1CSC(c2ccc(Cl)c(F)c2)N1C1CCN(Cc2ccccc2)CC1. The van der Waals surface area contributed by atoms with E-state index in [-0.39, 0.29) is 22.3 Å². The van der Waals surface area contributed by atoms with Crippen molar-refractivity contribution in [2.75, 3.05) is 18.8 Å². The summed E-state index contributed by atoms with van der Waals surface area (Å²) in [7, 11) is 0. The van der Waals surface area contributed by atoms with Gasteiger partial charge in [-0.05, 0) is 36.1 Å². The Bertz CT molecular complexity index is 811. The predicted octanol–water partition coefficient (Wildman–Crippen LogP) is 4.72. The Balaban J connectivity index is 1.42. The van der Waals surface area contributed by atoms with Crippen LogP contribution in [0.4, 0.5) is 4.39 Å². The first-order valence-corrected chi connectivity index (χ1v) is 10.7. The van der Waals surface area contributed by atoms with E-state index in [1.54, 1.807) is 17.8 Å². The summed E-state index contributed by atoms with van der Waals surface area (Å²) in [6, 6.07) is 15.6. The van der Waals surface area contributed by atoms with E-state index in [2.05, 4.69) is 29.2 Å². The third kappa shape index (κ3) is 4.15. The summed E-state index contributed by atoms with van der Waals surface area (Å²) in [4.78, 5) is 17.0. The maximum Gasteiger partial charge on any atom is 0.234 e. The minimum atomic E-state index is -0.424. The third-order valence-corrected chi connectivity index (χ3v) is 6.87. The molecule has 142 valence electrons. The number of amides is 1. The topological polar surface area (TPSA) is 23.6 Å².